The molecule has 0 spiro atoms. The summed E-state index contributed by atoms with van der Waals surface area (Å²) in [7, 11) is 0. The Morgan fingerprint density at radius 2 is 1.75 bits per heavy atom. The van der Waals surface area contributed by atoms with Crippen molar-refractivity contribution >= 4 is 5.91 Å². The van der Waals surface area contributed by atoms with Gasteiger partial charge in [0.1, 0.15) is 5.69 Å². The van der Waals surface area contributed by atoms with Crippen LogP contribution in [0, 0.1) is 0 Å². The smallest absolute Gasteiger partial charge is 0.223 e. The van der Waals surface area contributed by atoms with Gasteiger partial charge in [-0.1, -0.05) is 60.7 Å². The van der Waals surface area contributed by atoms with Crippen LogP contribution in [0.5, 0.6) is 0 Å². The van der Waals surface area contributed by atoms with E-state index in [4.69, 9.17) is 9.40 Å². The van der Waals surface area contributed by atoms with E-state index in [9.17, 15) is 4.79 Å². The third-order valence-electron chi connectivity index (χ3n) is 5.96. The number of carbonyl (C=O) groups excluding carboxylic acids is 1. The van der Waals surface area contributed by atoms with E-state index in [2.05, 4.69) is 5.10 Å². The van der Waals surface area contributed by atoms with Gasteiger partial charge in [0.2, 0.25) is 5.91 Å². The Labute approximate surface area is 187 Å². The van der Waals surface area contributed by atoms with Crippen LogP contribution in [0.3, 0.4) is 0 Å². The fourth-order valence-electron chi connectivity index (χ4n) is 4.31. The average molecular weight is 427 g/mol. The third-order valence-corrected chi connectivity index (χ3v) is 5.96. The highest BCUT2D eigenvalue weighted by Crippen LogP contribution is 2.33. The molecule has 0 N–H and O–H groups in total. The quantitative estimate of drug-likeness (QED) is 0.435. The Kier molecular flexibility index (Phi) is 5.83. The summed E-state index contributed by atoms with van der Waals surface area (Å²) in [4.78, 5) is 19.7. The first-order valence-electron chi connectivity index (χ1n) is 11.2. The van der Waals surface area contributed by atoms with Crippen molar-refractivity contribution in [3.8, 4) is 22.6 Å². The summed E-state index contributed by atoms with van der Waals surface area (Å²) >= 11 is 0. The standard InChI is InChI=1S/C26H26N4O2/c31-24(29-17-7-13-22(19-29)30-18-8-16-27-30)15-14-23-28-25(20-9-3-1-4-10-20)26(32-23)21-11-5-2-6-12-21/h1-6,8-12,16,18,22H,7,13-15,17,19H2. The molecule has 1 atom stereocenters. The number of amides is 1. The van der Waals surface area contributed by atoms with Crippen LogP contribution < -0.4 is 0 Å². The Morgan fingerprint density at radius 1 is 1.00 bits per heavy atom. The van der Waals surface area contributed by atoms with E-state index < -0.39 is 0 Å². The number of carbonyl (C=O) groups is 1. The zero-order valence-electron chi connectivity index (χ0n) is 17.9. The number of nitrogens with zero attached hydrogens (tertiary/aromatic N) is 4. The maximum Gasteiger partial charge on any atom is 0.223 e. The molecule has 4 aromatic rings. The van der Waals surface area contributed by atoms with Crippen molar-refractivity contribution in [2.24, 2.45) is 0 Å². The van der Waals surface area contributed by atoms with Crippen molar-refractivity contribution in [1.29, 1.82) is 0 Å². The monoisotopic (exact) mass is 426 g/mol. The number of likely N-dealkylation sites (tertiary alicyclic amines) is 1. The van der Waals surface area contributed by atoms with Crippen LogP contribution in [-0.4, -0.2) is 38.7 Å². The van der Waals surface area contributed by atoms with E-state index in [0.717, 1.165) is 42.0 Å². The number of aromatic nitrogens is 3. The van der Waals surface area contributed by atoms with Crippen LogP contribution >= 0.6 is 0 Å². The zero-order chi connectivity index (χ0) is 21.8. The average Bonchev–Trinajstić information content (AvgIpc) is 3.54. The molecule has 3 heterocycles. The van der Waals surface area contributed by atoms with Gasteiger partial charge in [-0.15, -0.1) is 0 Å². The number of aryl methyl sites for hydroxylation is 1. The zero-order valence-corrected chi connectivity index (χ0v) is 17.9. The molecule has 1 aliphatic heterocycles. The molecule has 6 nitrogen and oxygen atoms in total. The van der Waals surface area contributed by atoms with Gasteiger partial charge in [-0.05, 0) is 18.9 Å². The Bertz CT molecular complexity index is 1100. The molecule has 0 aliphatic carbocycles. The van der Waals surface area contributed by atoms with Crippen molar-refractivity contribution in [1.82, 2.24) is 19.7 Å². The van der Waals surface area contributed by atoms with Gasteiger partial charge in [-0.25, -0.2) is 4.98 Å². The molecule has 1 fully saturated rings. The molecule has 5 rings (SSSR count). The third kappa shape index (κ3) is 4.35. The minimum atomic E-state index is 0.141. The molecule has 2 aromatic heterocycles. The van der Waals surface area contributed by atoms with Crippen LogP contribution in [0.2, 0.25) is 0 Å². The highest BCUT2D eigenvalue weighted by molar-refractivity contribution is 5.78. The normalized spacial score (nSPS) is 16.2. The fraction of sp³-hybridized carbons (Fsp3) is 0.269. The lowest BCUT2D eigenvalue weighted by Crippen LogP contribution is -2.40. The number of hydrogen-bond donors (Lipinski definition) is 0. The minimum Gasteiger partial charge on any atom is -0.440 e. The summed E-state index contributed by atoms with van der Waals surface area (Å²) in [5.41, 5.74) is 2.80. The van der Waals surface area contributed by atoms with Gasteiger partial charge in [0.25, 0.3) is 0 Å². The summed E-state index contributed by atoms with van der Waals surface area (Å²) in [6, 6.07) is 22.2. The second-order valence-electron chi connectivity index (χ2n) is 8.14. The van der Waals surface area contributed by atoms with Crippen molar-refractivity contribution < 1.29 is 9.21 Å². The summed E-state index contributed by atoms with van der Waals surface area (Å²) < 4.78 is 8.14. The predicted octanol–water partition coefficient (Wildman–Crippen LogP) is 5.00. The number of piperidine rings is 1. The van der Waals surface area contributed by atoms with Crippen LogP contribution in [0.1, 0.15) is 31.2 Å². The molecule has 0 saturated carbocycles. The van der Waals surface area contributed by atoms with E-state index in [0.29, 0.717) is 25.3 Å². The SMILES string of the molecule is O=C(CCc1nc(-c2ccccc2)c(-c2ccccc2)o1)N1CCCC(n2cccn2)C1. The molecule has 1 saturated heterocycles. The summed E-state index contributed by atoms with van der Waals surface area (Å²) in [6.07, 6.45) is 6.67. The molecular formula is C26H26N4O2. The van der Waals surface area contributed by atoms with Crippen molar-refractivity contribution in [2.75, 3.05) is 13.1 Å². The van der Waals surface area contributed by atoms with Crippen molar-refractivity contribution in [3.63, 3.8) is 0 Å². The molecular weight excluding hydrogens is 400 g/mol. The second-order valence-corrected chi connectivity index (χ2v) is 8.14. The molecule has 1 unspecified atom stereocenters. The maximum atomic E-state index is 12.9. The predicted molar refractivity (Wildman–Crippen MR) is 123 cm³/mol. The molecule has 1 aliphatic rings. The highest BCUT2D eigenvalue weighted by Gasteiger charge is 2.25. The lowest BCUT2D eigenvalue weighted by molar-refractivity contribution is -0.132. The van der Waals surface area contributed by atoms with Crippen LogP contribution in [-0.2, 0) is 11.2 Å². The lowest BCUT2D eigenvalue weighted by Gasteiger charge is -2.32. The first-order valence-corrected chi connectivity index (χ1v) is 11.2. The summed E-state index contributed by atoms with van der Waals surface area (Å²) in [5.74, 6) is 1.48. The Balaban J connectivity index is 1.31. The van der Waals surface area contributed by atoms with Crippen LogP contribution in [0.25, 0.3) is 22.6 Å². The molecule has 6 heteroatoms. The summed E-state index contributed by atoms with van der Waals surface area (Å²) in [6.45, 7) is 1.50. The molecule has 2 aromatic carbocycles. The van der Waals surface area contributed by atoms with Gasteiger partial charge in [-0.2, -0.15) is 5.10 Å². The maximum absolute atomic E-state index is 12.9. The molecule has 0 bridgehead atoms. The molecule has 1 amide bonds. The van der Waals surface area contributed by atoms with Gasteiger partial charge in [0.05, 0.1) is 6.04 Å². The lowest BCUT2D eigenvalue weighted by atomic mass is 10.1. The first kappa shape index (κ1) is 20.2. The Morgan fingerprint density at radius 3 is 2.47 bits per heavy atom. The van der Waals surface area contributed by atoms with E-state index in [1.165, 1.54) is 0 Å². The minimum absolute atomic E-state index is 0.141. The molecule has 32 heavy (non-hydrogen) atoms. The number of rotatable bonds is 6. The molecule has 0 radical (unpaired) electrons. The van der Waals surface area contributed by atoms with Crippen molar-refractivity contribution in [2.45, 2.75) is 31.7 Å². The number of oxazole rings is 1. The van der Waals surface area contributed by atoms with Gasteiger partial charge >= 0.3 is 0 Å². The van der Waals surface area contributed by atoms with E-state index in [1.54, 1.807) is 6.20 Å². The van der Waals surface area contributed by atoms with Gasteiger partial charge in [0.15, 0.2) is 11.7 Å². The first-order chi connectivity index (χ1) is 15.8. The number of benzene rings is 2. The van der Waals surface area contributed by atoms with E-state index >= 15 is 0 Å². The van der Waals surface area contributed by atoms with E-state index in [1.807, 2.05) is 82.5 Å². The fourth-order valence-corrected chi connectivity index (χ4v) is 4.31. The van der Waals surface area contributed by atoms with Crippen molar-refractivity contribution in [3.05, 3.63) is 85.0 Å². The van der Waals surface area contributed by atoms with Crippen LogP contribution in [0.4, 0.5) is 0 Å². The van der Waals surface area contributed by atoms with E-state index in [-0.39, 0.29) is 11.9 Å². The highest BCUT2D eigenvalue weighted by atomic mass is 16.4. The Hall–Kier alpha value is -3.67. The summed E-state index contributed by atoms with van der Waals surface area (Å²) in [5, 5.41) is 4.35. The topological polar surface area (TPSA) is 64.2 Å². The van der Waals surface area contributed by atoms with Gasteiger partial charge < -0.3 is 9.32 Å². The molecule has 162 valence electrons. The van der Waals surface area contributed by atoms with Crippen LogP contribution in [0.15, 0.2) is 83.5 Å². The largest absolute Gasteiger partial charge is 0.440 e. The number of hydrogen-bond acceptors (Lipinski definition) is 4. The van der Waals surface area contributed by atoms with Gasteiger partial charge in [0, 0.05) is 49.5 Å². The van der Waals surface area contributed by atoms with Gasteiger partial charge in [-0.3, -0.25) is 9.48 Å². The second kappa shape index (κ2) is 9.22.